The third-order valence-corrected chi connectivity index (χ3v) is 1.79. The summed E-state index contributed by atoms with van der Waals surface area (Å²) in [5, 5.41) is 17.9. The van der Waals surface area contributed by atoms with E-state index < -0.39 is 24.3 Å². The minimum Gasteiger partial charge on any atom is -0.506 e. The molecule has 13 heavy (non-hydrogen) atoms. The first-order valence-corrected chi connectivity index (χ1v) is 3.64. The van der Waals surface area contributed by atoms with Gasteiger partial charge in [-0.3, -0.25) is 4.98 Å². The molecule has 0 amide bonds. The number of alkyl halides is 2. The largest absolute Gasteiger partial charge is 0.506 e. The molecule has 0 aliphatic heterocycles. The van der Waals surface area contributed by atoms with Gasteiger partial charge >= 0.3 is 0 Å². The van der Waals surface area contributed by atoms with Gasteiger partial charge in [0.05, 0.1) is 18.4 Å². The van der Waals surface area contributed by atoms with E-state index in [9.17, 15) is 8.78 Å². The molecule has 0 spiro atoms. The highest BCUT2D eigenvalue weighted by Gasteiger charge is 2.19. The van der Waals surface area contributed by atoms with Gasteiger partial charge in [-0.15, -0.1) is 0 Å². The molecule has 3 nitrogen and oxygen atoms in total. The predicted octanol–water partition coefficient (Wildman–Crippen LogP) is 1.53. The standard InChI is InChI=1S/C8H9F2NO2/c1-4-5(3-12)7(8(9)10)6(13)2-11-4/h2,8,12-13H,3H2,1H3. The van der Waals surface area contributed by atoms with Crippen LogP contribution in [0.3, 0.4) is 0 Å². The van der Waals surface area contributed by atoms with Crippen molar-refractivity contribution in [3.63, 3.8) is 0 Å². The minimum atomic E-state index is -2.80. The van der Waals surface area contributed by atoms with E-state index in [0.717, 1.165) is 6.20 Å². The van der Waals surface area contributed by atoms with Gasteiger partial charge in [-0.1, -0.05) is 0 Å². The first-order valence-electron chi connectivity index (χ1n) is 3.64. The zero-order valence-corrected chi connectivity index (χ0v) is 6.96. The molecule has 0 radical (unpaired) electrons. The lowest BCUT2D eigenvalue weighted by Gasteiger charge is -2.10. The van der Waals surface area contributed by atoms with Gasteiger partial charge in [0.1, 0.15) is 5.75 Å². The van der Waals surface area contributed by atoms with Gasteiger partial charge in [0, 0.05) is 11.3 Å². The Hall–Kier alpha value is -1.23. The third kappa shape index (κ3) is 1.75. The monoisotopic (exact) mass is 189 g/mol. The van der Waals surface area contributed by atoms with Crippen LogP contribution in [0.1, 0.15) is 23.2 Å². The van der Waals surface area contributed by atoms with Crippen LogP contribution in [0.4, 0.5) is 8.78 Å². The van der Waals surface area contributed by atoms with E-state index in [0.29, 0.717) is 5.69 Å². The molecule has 0 unspecified atom stereocenters. The molecule has 1 heterocycles. The molecule has 0 aromatic carbocycles. The third-order valence-electron chi connectivity index (χ3n) is 1.79. The maximum Gasteiger partial charge on any atom is 0.267 e. The van der Waals surface area contributed by atoms with E-state index in [2.05, 4.69) is 4.98 Å². The average Bonchev–Trinajstić information content (AvgIpc) is 2.07. The summed E-state index contributed by atoms with van der Waals surface area (Å²) in [6, 6.07) is 0. The Bertz CT molecular complexity index is 315. The maximum absolute atomic E-state index is 12.4. The summed E-state index contributed by atoms with van der Waals surface area (Å²) in [4.78, 5) is 3.65. The number of halogens is 2. The van der Waals surface area contributed by atoms with E-state index in [1.807, 2.05) is 0 Å². The highest BCUT2D eigenvalue weighted by Crippen LogP contribution is 2.31. The summed E-state index contributed by atoms with van der Waals surface area (Å²) < 4.78 is 24.7. The fraction of sp³-hybridized carbons (Fsp3) is 0.375. The first kappa shape index (κ1) is 9.85. The summed E-state index contributed by atoms with van der Waals surface area (Å²) in [6.45, 7) is 0.948. The van der Waals surface area contributed by atoms with E-state index in [1.54, 1.807) is 0 Å². The molecule has 0 fully saturated rings. The van der Waals surface area contributed by atoms with Gasteiger partial charge in [-0.25, -0.2) is 8.78 Å². The Morgan fingerprint density at radius 3 is 2.54 bits per heavy atom. The Labute approximate surface area is 73.7 Å². The molecule has 1 aromatic rings. The molecular weight excluding hydrogens is 180 g/mol. The van der Waals surface area contributed by atoms with Crippen molar-refractivity contribution in [1.29, 1.82) is 0 Å². The molecule has 2 N–H and O–H groups in total. The Morgan fingerprint density at radius 2 is 2.15 bits per heavy atom. The summed E-state index contributed by atoms with van der Waals surface area (Å²) in [5.74, 6) is -0.579. The van der Waals surface area contributed by atoms with Crippen molar-refractivity contribution in [2.75, 3.05) is 0 Å². The van der Waals surface area contributed by atoms with Crippen molar-refractivity contribution >= 4 is 0 Å². The number of aliphatic hydroxyl groups is 1. The second-order valence-corrected chi connectivity index (χ2v) is 2.58. The lowest BCUT2D eigenvalue weighted by molar-refractivity contribution is 0.142. The Kier molecular flexibility index (Phi) is 2.77. The molecule has 72 valence electrons. The molecule has 1 aromatic heterocycles. The SMILES string of the molecule is Cc1ncc(O)c(C(F)F)c1CO. The van der Waals surface area contributed by atoms with E-state index in [-0.39, 0.29) is 5.56 Å². The zero-order chi connectivity index (χ0) is 10.0. The van der Waals surface area contributed by atoms with Crippen LogP contribution < -0.4 is 0 Å². The van der Waals surface area contributed by atoms with Crippen molar-refractivity contribution in [2.24, 2.45) is 0 Å². The topological polar surface area (TPSA) is 53.4 Å². The Balaban J connectivity index is 3.35. The van der Waals surface area contributed by atoms with Crippen LogP contribution in [0.5, 0.6) is 5.75 Å². The number of pyridine rings is 1. The summed E-state index contributed by atoms with van der Waals surface area (Å²) >= 11 is 0. The van der Waals surface area contributed by atoms with Crippen LogP contribution in [0, 0.1) is 6.92 Å². The van der Waals surface area contributed by atoms with Gasteiger partial charge in [0.2, 0.25) is 0 Å². The predicted molar refractivity (Wildman–Crippen MR) is 41.5 cm³/mol. The highest BCUT2D eigenvalue weighted by atomic mass is 19.3. The maximum atomic E-state index is 12.4. The molecule has 1 rings (SSSR count). The van der Waals surface area contributed by atoms with Gasteiger partial charge in [0.15, 0.2) is 0 Å². The van der Waals surface area contributed by atoms with Crippen LogP contribution >= 0.6 is 0 Å². The van der Waals surface area contributed by atoms with E-state index >= 15 is 0 Å². The second-order valence-electron chi connectivity index (χ2n) is 2.58. The number of aliphatic hydroxyl groups excluding tert-OH is 1. The van der Waals surface area contributed by atoms with Crippen LogP contribution in [-0.2, 0) is 6.61 Å². The molecule has 0 bridgehead atoms. The lowest BCUT2D eigenvalue weighted by atomic mass is 10.1. The normalized spacial score (nSPS) is 10.8. The molecule has 0 aliphatic carbocycles. The van der Waals surface area contributed by atoms with Crippen LogP contribution in [0.2, 0.25) is 0 Å². The van der Waals surface area contributed by atoms with Gasteiger partial charge in [-0.05, 0) is 6.92 Å². The quantitative estimate of drug-likeness (QED) is 0.741. The van der Waals surface area contributed by atoms with Crippen molar-refractivity contribution in [3.05, 3.63) is 23.0 Å². The molecule has 0 saturated carbocycles. The summed E-state index contributed by atoms with van der Waals surface area (Å²) in [5.41, 5.74) is -0.236. The van der Waals surface area contributed by atoms with Crippen LogP contribution in [-0.4, -0.2) is 15.2 Å². The fourth-order valence-electron chi connectivity index (χ4n) is 1.10. The molecule has 0 aliphatic rings. The lowest BCUT2D eigenvalue weighted by Crippen LogP contribution is -2.00. The second kappa shape index (κ2) is 3.66. The van der Waals surface area contributed by atoms with E-state index in [1.165, 1.54) is 6.92 Å². The van der Waals surface area contributed by atoms with Crippen LogP contribution in [0.15, 0.2) is 6.20 Å². The molecular formula is C8H9F2NO2. The number of rotatable bonds is 2. The average molecular weight is 189 g/mol. The number of aromatic nitrogens is 1. The number of hydrogen-bond donors (Lipinski definition) is 2. The van der Waals surface area contributed by atoms with Crippen molar-refractivity contribution in [1.82, 2.24) is 4.98 Å². The number of aryl methyl sites for hydroxylation is 1. The highest BCUT2D eigenvalue weighted by molar-refractivity contribution is 5.40. The van der Waals surface area contributed by atoms with E-state index in [4.69, 9.17) is 10.2 Å². The summed E-state index contributed by atoms with van der Waals surface area (Å²) in [7, 11) is 0. The smallest absolute Gasteiger partial charge is 0.267 e. The van der Waals surface area contributed by atoms with Crippen molar-refractivity contribution < 1.29 is 19.0 Å². The van der Waals surface area contributed by atoms with Crippen molar-refractivity contribution in [3.8, 4) is 5.75 Å². The minimum absolute atomic E-state index is 0.00463. The fourth-order valence-corrected chi connectivity index (χ4v) is 1.10. The number of nitrogens with zero attached hydrogens (tertiary/aromatic N) is 1. The summed E-state index contributed by atoms with van der Waals surface area (Å²) in [6.07, 6.45) is -1.85. The molecule has 0 atom stereocenters. The Morgan fingerprint density at radius 1 is 1.54 bits per heavy atom. The number of hydrogen-bond acceptors (Lipinski definition) is 3. The van der Waals surface area contributed by atoms with Gasteiger partial charge < -0.3 is 10.2 Å². The zero-order valence-electron chi connectivity index (χ0n) is 6.96. The van der Waals surface area contributed by atoms with Gasteiger partial charge in [0.25, 0.3) is 6.43 Å². The first-order chi connectivity index (χ1) is 6.07. The van der Waals surface area contributed by atoms with Gasteiger partial charge in [-0.2, -0.15) is 0 Å². The van der Waals surface area contributed by atoms with Crippen LogP contribution in [0.25, 0.3) is 0 Å². The number of aromatic hydroxyl groups is 1. The van der Waals surface area contributed by atoms with Crippen molar-refractivity contribution in [2.45, 2.75) is 20.0 Å². The molecule has 5 heteroatoms. The molecule has 0 saturated heterocycles.